The summed E-state index contributed by atoms with van der Waals surface area (Å²) in [6.45, 7) is 0.379. The molecule has 1 rings (SSSR count). The average molecular weight is 194 g/mol. The summed E-state index contributed by atoms with van der Waals surface area (Å²) in [5.41, 5.74) is 0.857. The molecule has 1 amide bonds. The Balaban J connectivity index is 2.89. The number of methoxy groups -OCH3 is 2. The topological polar surface area (TPSA) is 47.6 Å². The number of hydrogen-bond acceptors (Lipinski definition) is 3. The van der Waals surface area contributed by atoms with Gasteiger partial charge in [0.1, 0.15) is 11.5 Å². The highest BCUT2D eigenvalue weighted by Crippen LogP contribution is 2.23. The third kappa shape index (κ3) is 2.39. The summed E-state index contributed by atoms with van der Waals surface area (Å²) < 4.78 is 10.2. The zero-order valence-electron chi connectivity index (χ0n) is 8.16. The SMILES string of the molecule is COc1ccc(OC)c(CN[C]=O)c1. The second-order valence-corrected chi connectivity index (χ2v) is 2.63. The minimum absolute atomic E-state index is 0.379. The van der Waals surface area contributed by atoms with Gasteiger partial charge in [-0.2, -0.15) is 0 Å². The van der Waals surface area contributed by atoms with Gasteiger partial charge in [0, 0.05) is 12.1 Å². The zero-order chi connectivity index (χ0) is 10.4. The van der Waals surface area contributed by atoms with Crippen LogP contribution in [0.5, 0.6) is 11.5 Å². The lowest BCUT2D eigenvalue weighted by Gasteiger charge is -2.09. The first-order valence-corrected chi connectivity index (χ1v) is 4.12. The minimum Gasteiger partial charge on any atom is -0.497 e. The first-order valence-electron chi connectivity index (χ1n) is 4.12. The average Bonchev–Trinajstić information content (AvgIpc) is 2.25. The van der Waals surface area contributed by atoms with E-state index in [2.05, 4.69) is 5.32 Å². The smallest absolute Gasteiger partial charge is 0.309 e. The summed E-state index contributed by atoms with van der Waals surface area (Å²) in [7, 11) is 3.17. The lowest BCUT2D eigenvalue weighted by atomic mass is 10.2. The number of amides is 1. The molecule has 1 aromatic carbocycles. The van der Waals surface area contributed by atoms with Crippen molar-refractivity contribution in [3.63, 3.8) is 0 Å². The van der Waals surface area contributed by atoms with Crippen LogP contribution in [-0.2, 0) is 11.3 Å². The van der Waals surface area contributed by atoms with Gasteiger partial charge < -0.3 is 14.8 Å². The summed E-state index contributed by atoms with van der Waals surface area (Å²) in [6.07, 6.45) is 1.61. The number of carbonyl (C=O) groups excluding carboxylic acids is 1. The maximum atomic E-state index is 10.0. The van der Waals surface area contributed by atoms with Crippen molar-refractivity contribution in [2.24, 2.45) is 0 Å². The second-order valence-electron chi connectivity index (χ2n) is 2.63. The fourth-order valence-electron chi connectivity index (χ4n) is 1.15. The number of benzene rings is 1. The molecule has 0 aromatic heterocycles. The van der Waals surface area contributed by atoms with Crippen LogP contribution in [0.15, 0.2) is 18.2 Å². The molecular weight excluding hydrogens is 182 g/mol. The summed E-state index contributed by atoms with van der Waals surface area (Å²) >= 11 is 0. The van der Waals surface area contributed by atoms with E-state index in [0.717, 1.165) is 11.3 Å². The molecule has 0 aliphatic carbocycles. The van der Waals surface area contributed by atoms with Crippen LogP contribution in [0, 0.1) is 0 Å². The first-order chi connectivity index (χ1) is 6.81. The molecule has 0 saturated heterocycles. The molecule has 0 atom stereocenters. The predicted molar refractivity (Wildman–Crippen MR) is 52.1 cm³/mol. The standard InChI is InChI=1S/C10H12NO3/c1-13-9-3-4-10(14-2)8(5-9)6-11-7-12/h3-5H,6H2,1-2H3,(H,11,12). The van der Waals surface area contributed by atoms with Gasteiger partial charge >= 0.3 is 6.41 Å². The molecule has 1 aromatic rings. The Hall–Kier alpha value is -1.71. The lowest BCUT2D eigenvalue weighted by molar-refractivity contribution is 0.398. The van der Waals surface area contributed by atoms with E-state index in [0.29, 0.717) is 12.3 Å². The van der Waals surface area contributed by atoms with Gasteiger partial charge in [-0.05, 0) is 18.2 Å². The molecule has 0 heterocycles. The van der Waals surface area contributed by atoms with Crippen LogP contribution in [0.2, 0.25) is 0 Å². The summed E-state index contributed by atoms with van der Waals surface area (Å²) in [5, 5.41) is 2.45. The Bertz CT molecular complexity index is 312. The van der Waals surface area contributed by atoms with Crippen molar-refractivity contribution in [3.05, 3.63) is 23.8 Å². The molecule has 0 spiro atoms. The van der Waals surface area contributed by atoms with Gasteiger partial charge in [-0.3, -0.25) is 4.79 Å². The molecule has 1 N–H and O–H groups in total. The molecule has 0 unspecified atom stereocenters. The minimum atomic E-state index is 0.379. The van der Waals surface area contributed by atoms with Crippen molar-refractivity contribution in [3.8, 4) is 11.5 Å². The van der Waals surface area contributed by atoms with E-state index in [1.165, 1.54) is 0 Å². The Morgan fingerprint density at radius 2 is 2.14 bits per heavy atom. The van der Waals surface area contributed by atoms with E-state index < -0.39 is 0 Å². The van der Waals surface area contributed by atoms with Gasteiger partial charge in [0.05, 0.1) is 14.2 Å². The van der Waals surface area contributed by atoms with Gasteiger partial charge in [0.25, 0.3) is 0 Å². The molecule has 75 valence electrons. The third-order valence-electron chi connectivity index (χ3n) is 1.84. The zero-order valence-corrected chi connectivity index (χ0v) is 8.16. The molecule has 0 aliphatic rings. The fourth-order valence-corrected chi connectivity index (χ4v) is 1.15. The van der Waals surface area contributed by atoms with Crippen molar-refractivity contribution in [2.45, 2.75) is 6.54 Å². The van der Waals surface area contributed by atoms with Gasteiger partial charge in [-0.1, -0.05) is 0 Å². The molecule has 0 aliphatic heterocycles. The van der Waals surface area contributed by atoms with E-state index in [9.17, 15) is 4.79 Å². The maximum absolute atomic E-state index is 10.0. The number of hydrogen-bond donors (Lipinski definition) is 1. The quantitative estimate of drug-likeness (QED) is 0.707. The highest BCUT2D eigenvalue weighted by Gasteiger charge is 2.03. The van der Waals surface area contributed by atoms with Crippen molar-refractivity contribution in [1.82, 2.24) is 5.32 Å². The third-order valence-corrected chi connectivity index (χ3v) is 1.84. The summed E-state index contributed by atoms with van der Waals surface area (Å²) in [4.78, 5) is 10.0. The first kappa shape index (κ1) is 10.4. The molecule has 1 radical (unpaired) electrons. The predicted octanol–water partition coefficient (Wildman–Crippen LogP) is 0.861. The monoisotopic (exact) mass is 194 g/mol. The molecule has 4 nitrogen and oxygen atoms in total. The number of rotatable bonds is 5. The highest BCUT2D eigenvalue weighted by atomic mass is 16.5. The Morgan fingerprint density at radius 3 is 2.71 bits per heavy atom. The Kier molecular flexibility index (Phi) is 3.79. The second kappa shape index (κ2) is 5.11. The largest absolute Gasteiger partial charge is 0.497 e. The number of nitrogens with one attached hydrogen (secondary N) is 1. The van der Waals surface area contributed by atoms with Crippen LogP contribution in [0.3, 0.4) is 0 Å². The van der Waals surface area contributed by atoms with E-state index in [-0.39, 0.29) is 0 Å². The van der Waals surface area contributed by atoms with Crippen LogP contribution in [0.25, 0.3) is 0 Å². The van der Waals surface area contributed by atoms with Crippen LogP contribution in [0.4, 0.5) is 0 Å². The number of ether oxygens (including phenoxy) is 2. The maximum Gasteiger partial charge on any atom is 0.309 e. The normalized spacial score (nSPS) is 9.29. The molecule has 0 fully saturated rings. The Labute approximate surface area is 82.8 Å². The van der Waals surface area contributed by atoms with E-state index in [4.69, 9.17) is 9.47 Å². The van der Waals surface area contributed by atoms with E-state index in [1.54, 1.807) is 32.8 Å². The Morgan fingerprint density at radius 1 is 1.36 bits per heavy atom. The van der Waals surface area contributed by atoms with Crippen molar-refractivity contribution >= 4 is 6.41 Å². The molecule has 14 heavy (non-hydrogen) atoms. The van der Waals surface area contributed by atoms with Crippen LogP contribution in [-0.4, -0.2) is 20.6 Å². The van der Waals surface area contributed by atoms with Gasteiger partial charge in [0.2, 0.25) is 0 Å². The van der Waals surface area contributed by atoms with Crippen molar-refractivity contribution < 1.29 is 14.3 Å². The lowest BCUT2D eigenvalue weighted by Crippen LogP contribution is -2.10. The molecular formula is C10H12NO3. The van der Waals surface area contributed by atoms with Gasteiger partial charge in [-0.25, -0.2) is 0 Å². The van der Waals surface area contributed by atoms with Crippen molar-refractivity contribution in [1.29, 1.82) is 0 Å². The molecule has 0 saturated carbocycles. The molecule has 0 bridgehead atoms. The van der Waals surface area contributed by atoms with Crippen LogP contribution in [0.1, 0.15) is 5.56 Å². The summed E-state index contributed by atoms with van der Waals surface area (Å²) in [5.74, 6) is 1.45. The van der Waals surface area contributed by atoms with Gasteiger partial charge in [0.15, 0.2) is 0 Å². The van der Waals surface area contributed by atoms with Crippen LogP contribution >= 0.6 is 0 Å². The fraction of sp³-hybridized carbons (Fsp3) is 0.300. The van der Waals surface area contributed by atoms with Crippen molar-refractivity contribution in [2.75, 3.05) is 14.2 Å². The van der Waals surface area contributed by atoms with E-state index >= 15 is 0 Å². The van der Waals surface area contributed by atoms with E-state index in [1.807, 2.05) is 6.07 Å². The highest BCUT2D eigenvalue weighted by molar-refractivity contribution is 5.49. The van der Waals surface area contributed by atoms with Crippen LogP contribution < -0.4 is 14.8 Å². The van der Waals surface area contributed by atoms with Gasteiger partial charge in [-0.15, -0.1) is 0 Å². The summed E-state index contributed by atoms with van der Waals surface area (Å²) in [6, 6.07) is 5.40. The molecule has 4 heteroatoms.